The Bertz CT molecular complexity index is 315. The molecule has 1 aromatic heterocycles. The van der Waals surface area contributed by atoms with Gasteiger partial charge < -0.3 is 10.1 Å². The number of nitrogens with one attached hydrogen (secondary N) is 1. The van der Waals surface area contributed by atoms with Gasteiger partial charge in [0, 0.05) is 18.4 Å². The first kappa shape index (κ1) is 11.1. The Morgan fingerprint density at radius 2 is 2.20 bits per heavy atom. The maximum absolute atomic E-state index is 5.77. The highest BCUT2D eigenvalue weighted by Crippen LogP contribution is 2.30. The monoisotopic (exact) mass is 225 g/mol. The number of rotatable bonds is 3. The Hall–Kier alpha value is -0.380. The average Bonchev–Trinajstić information content (AvgIpc) is 2.66. The molecule has 2 rings (SSSR count). The van der Waals surface area contributed by atoms with Gasteiger partial charge in [-0.25, -0.2) is 0 Å². The van der Waals surface area contributed by atoms with E-state index in [1.807, 2.05) is 18.4 Å². The molecule has 0 spiro atoms. The van der Waals surface area contributed by atoms with Crippen LogP contribution in [0.5, 0.6) is 0 Å². The quantitative estimate of drug-likeness (QED) is 0.852. The van der Waals surface area contributed by atoms with Gasteiger partial charge in [-0.3, -0.25) is 0 Å². The fraction of sp³-hybridized carbons (Fsp3) is 0.667. The van der Waals surface area contributed by atoms with E-state index in [9.17, 15) is 0 Å². The first-order chi connectivity index (χ1) is 7.26. The van der Waals surface area contributed by atoms with Crippen molar-refractivity contribution in [3.05, 3.63) is 21.9 Å². The number of aryl methyl sites for hydroxylation is 1. The standard InChI is InChI=1S/C12H19NOS/c1-10-3-8-15-11(10)9-12(14-2)4-6-13-7-5-12/h3,8,13H,4-7,9H2,1-2H3. The molecule has 1 fully saturated rings. The summed E-state index contributed by atoms with van der Waals surface area (Å²) in [5, 5.41) is 5.57. The fourth-order valence-electron chi connectivity index (χ4n) is 2.21. The van der Waals surface area contributed by atoms with Crippen LogP contribution in [0.2, 0.25) is 0 Å². The molecule has 0 aliphatic carbocycles. The van der Waals surface area contributed by atoms with Crippen molar-refractivity contribution in [3.8, 4) is 0 Å². The second-order valence-corrected chi connectivity index (χ2v) is 5.34. The lowest BCUT2D eigenvalue weighted by Gasteiger charge is -2.36. The van der Waals surface area contributed by atoms with E-state index < -0.39 is 0 Å². The smallest absolute Gasteiger partial charge is 0.0751 e. The SMILES string of the molecule is COC1(Cc2sccc2C)CCNCC1. The minimum Gasteiger partial charge on any atom is -0.378 e. The summed E-state index contributed by atoms with van der Waals surface area (Å²) in [6.07, 6.45) is 3.33. The van der Waals surface area contributed by atoms with Crippen molar-refractivity contribution in [1.29, 1.82) is 0 Å². The number of thiophene rings is 1. The van der Waals surface area contributed by atoms with E-state index >= 15 is 0 Å². The molecule has 1 aromatic rings. The second kappa shape index (κ2) is 4.64. The lowest BCUT2D eigenvalue weighted by Crippen LogP contribution is -2.44. The molecule has 0 atom stereocenters. The Labute approximate surface area is 95.6 Å². The van der Waals surface area contributed by atoms with Crippen LogP contribution in [-0.2, 0) is 11.2 Å². The first-order valence-corrected chi connectivity index (χ1v) is 6.43. The summed E-state index contributed by atoms with van der Waals surface area (Å²) in [5.74, 6) is 0. The van der Waals surface area contributed by atoms with Crippen molar-refractivity contribution in [2.24, 2.45) is 0 Å². The normalized spacial score (nSPS) is 20.4. The molecule has 0 saturated carbocycles. The van der Waals surface area contributed by atoms with E-state index in [2.05, 4.69) is 23.7 Å². The molecule has 2 nitrogen and oxygen atoms in total. The molecular weight excluding hydrogens is 206 g/mol. The summed E-state index contributed by atoms with van der Waals surface area (Å²) in [6.45, 7) is 4.35. The number of methoxy groups -OCH3 is 1. The zero-order valence-corrected chi connectivity index (χ0v) is 10.3. The molecule has 15 heavy (non-hydrogen) atoms. The van der Waals surface area contributed by atoms with Crippen LogP contribution in [0, 0.1) is 6.92 Å². The van der Waals surface area contributed by atoms with Crippen molar-refractivity contribution in [3.63, 3.8) is 0 Å². The molecular formula is C12H19NOS. The van der Waals surface area contributed by atoms with Gasteiger partial charge in [-0.1, -0.05) is 0 Å². The Balaban J connectivity index is 2.10. The van der Waals surface area contributed by atoms with Crippen LogP contribution >= 0.6 is 11.3 Å². The zero-order valence-electron chi connectivity index (χ0n) is 9.51. The molecule has 1 N–H and O–H groups in total. The van der Waals surface area contributed by atoms with Gasteiger partial charge in [0.2, 0.25) is 0 Å². The molecule has 1 aliphatic heterocycles. The van der Waals surface area contributed by atoms with E-state index in [-0.39, 0.29) is 5.60 Å². The summed E-state index contributed by atoms with van der Waals surface area (Å²) < 4.78 is 5.77. The molecule has 1 saturated heterocycles. The fourth-order valence-corrected chi connectivity index (χ4v) is 3.25. The summed E-state index contributed by atoms with van der Waals surface area (Å²) in [6, 6.07) is 2.20. The highest BCUT2D eigenvalue weighted by Gasteiger charge is 2.32. The number of hydrogen-bond donors (Lipinski definition) is 1. The molecule has 2 heterocycles. The van der Waals surface area contributed by atoms with Crippen LogP contribution in [0.1, 0.15) is 23.3 Å². The average molecular weight is 225 g/mol. The maximum Gasteiger partial charge on any atom is 0.0751 e. The van der Waals surface area contributed by atoms with Crippen molar-refractivity contribution < 1.29 is 4.74 Å². The number of hydrogen-bond acceptors (Lipinski definition) is 3. The van der Waals surface area contributed by atoms with E-state index in [4.69, 9.17) is 4.74 Å². The van der Waals surface area contributed by atoms with Crippen molar-refractivity contribution >= 4 is 11.3 Å². The van der Waals surface area contributed by atoms with Crippen molar-refractivity contribution in [2.75, 3.05) is 20.2 Å². The molecule has 0 aromatic carbocycles. The van der Waals surface area contributed by atoms with Crippen molar-refractivity contribution in [2.45, 2.75) is 31.8 Å². The van der Waals surface area contributed by atoms with E-state index in [0.29, 0.717) is 0 Å². The molecule has 0 radical (unpaired) electrons. The first-order valence-electron chi connectivity index (χ1n) is 5.55. The van der Waals surface area contributed by atoms with E-state index in [1.54, 1.807) is 0 Å². The van der Waals surface area contributed by atoms with Gasteiger partial charge in [-0.05, 0) is 49.9 Å². The number of ether oxygens (including phenoxy) is 1. The third kappa shape index (κ3) is 2.41. The highest BCUT2D eigenvalue weighted by atomic mass is 32.1. The Morgan fingerprint density at radius 1 is 1.47 bits per heavy atom. The summed E-state index contributed by atoms with van der Waals surface area (Å²) in [5.41, 5.74) is 1.50. The maximum atomic E-state index is 5.77. The topological polar surface area (TPSA) is 21.3 Å². The van der Waals surface area contributed by atoms with Crippen LogP contribution in [0.3, 0.4) is 0 Å². The van der Waals surface area contributed by atoms with Gasteiger partial charge >= 0.3 is 0 Å². The van der Waals surface area contributed by atoms with Gasteiger partial charge in [0.05, 0.1) is 5.60 Å². The van der Waals surface area contributed by atoms with Gasteiger partial charge in [-0.15, -0.1) is 11.3 Å². The molecule has 0 bridgehead atoms. The van der Waals surface area contributed by atoms with Crippen molar-refractivity contribution in [1.82, 2.24) is 5.32 Å². The van der Waals surface area contributed by atoms with Gasteiger partial charge in [0.1, 0.15) is 0 Å². The third-order valence-corrected chi connectivity index (χ3v) is 4.42. The van der Waals surface area contributed by atoms with E-state index in [1.165, 1.54) is 10.4 Å². The Kier molecular flexibility index (Phi) is 3.44. The summed E-state index contributed by atoms with van der Waals surface area (Å²) in [7, 11) is 1.86. The zero-order chi connectivity index (χ0) is 10.7. The van der Waals surface area contributed by atoms with Gasteiger partial charge in [0.15, 0.2) is 0 Å². The third-order valence-electron chi connectivity index (χ3n) is 3.40. The van der Waals surface area contributed by atoms with Gasteiger partial charge in [0.25, 0.3) is 0 Å². The van der Waals surface area contributed by atoms with Crippen LogP contribution < -0.4 is 5.32 Å². The summed E-state index contributed by atoms with van der Waals surface area (Å²) in [4.78, 5) is 1.48. The lowest BCUT2D eigenvalue weighted by molar-refractivity contribution is -0.0328. The molecule has 0 unspecified atom stereocenters. The van der Waals surface area contributed by atoms with Crippen LogP contribution in [-0.4, -0.2) is 25.8 Å². The minimum absolute atomic E-state index is 0.0842. The summed E-state index contributed by atoms with van der Waals surface area (Å²) >= 11 is 1.86. The second-order valence-electron chi connectivity index (χ2n) is 4.34. The van der Waals surface area contributed by atoms with Gasteiger partial charge in [-0.2, -0.15) is 0 Å². The van der Waals surface area contributed by atoms with Crippen LogP contribution in [0.4, 0.5) is 0 Å². The van der Waals surface area contributed by atoms with E-state index in [0.717, 1.165) is 32.4 Å². The van der Waals surface area contributed by atoms with Crippen LogP contribution in [0.15, 0.2) is 11.4 Å². The Morgan fingerprint density at radius 3 is 2.73 bits per heavy atom. The molecule has 1 aliphatic rings. The lowest BCUT2D eigenvalue weighted by atomic mass is 9.87. The molecule has 3 heteroatoms. The largest absolute Gasteiger partial charge is 0.378 e. The number of piperidine rings is 1. The molecule has 0 amide bonds. The highest BCUT2D eigenvalue weighted by molar-refractivity contribution is 7.10. The predicted molar refractivity (Wildman–Crippen MR) is 64.6 cm³/mol. The minimum atomic E-state index is 0.0842. The molecule has 84 valence electrons. The predicted octanol–water partition coefficient (Wildman–Crippen LogP) is 2.37. The van der Waals surface area contributed by atoms with Crippen LogP contribution in [0.25, 0.3) is 0 Å².